The molecule has 0 radical (unpaired) electrons. The van der Waals surface area contributed by atoms with E-state index >= 15 is 0 Å². The Morgan fingerprint density at radius 1 is 1.25 bits per heavy atom. The number of nitrogens with one attached hydrogen (secondary N) is 2. The molecule has 0 aromatic heterocycles. The lowest BCUT2D eigenvalue weighted by Crippen LogP contribution is -3.05. The van der Waals surface area contributed by atoms with Gasteiger partial charge in [-0.1, -0.05) is 15.9 Å². The number of quaternary nitrogens is 1. The van der Waals surface area contributed by atoms with Crippen LogP contribution in [0.2, 0.25) is 0 Å². The van der Waals surface area contributed by atoms with E-state index in [1.165, 1.54) is 0 Å². The number of halogens is 2. The largest absolute Gasteiger partial charge is 1.00 e. The van der Waals surface area contributed by atoms with Crippen LogP contribution in [0.5, 0.6) is 0 Å². The molecule has 1 aliphatic rings. The van der Waals surface area contributed by atoms with Gasteiger partial charge in [-0.2, -0.15) is 0 Å². The predicted octanol–water partition coefficient (Wildman–Crippen LogP) is -2.48. The summed E-state index contributed by atoms with van der Waals surface area (Å²) in [5.41, 5.74) is 0. The van der Waals surface area contributed by atoms with Gasteiger partial charge in [-0.05, 0) is 24.3 Å². The van der Waals surface area contributed by atoms with Gasteiger partial charge >= 0.3 is 0 Å². The van der Waals surface area contributed by atoms with Gasteiger partial charge in [0.15, 0.2) is 6.34 Å². The van der Waals surface area contributed by atoms with Gasteiger partial charge in [-0.3, -0.25) is 4.90 Å². The Labute approximate surface area is 133 Å². The molecule has 0 fully saturated rings. The van der Waals surface area contributed by atoms with Gasteiger partial charge in [0, 0.05) is 17.4 Å². The Morgan fingerprint density at radius 3 is 2.55 bits per heavy atom. The highest BCUT2D eigenvalue weighted by Gasteiger charge is 2.13. The van der Waals surface area contributed by atoms with Gasteiger partial charge in [0.25, 0.3) is 0 Å². The third kappa shape index (κ3) is 4.99. The number of benzene rings is 1. The highest BCUT2D eigenvalue weighted by molar-refractivity contribution is 9.10. The summed E-state index contributed by atoms with van der Waals surface area (Å²) >= 11 is 3.28. The highest BCUT2D eigenvalue weighted by Crippen LogP contribution is 2.14. The van der Waals surface area contributed by atoms with Crippen LogP contribution < -0.4 is 22.0 Å². The summed E-state index contributed by atoms with van der Waals surface area (Å²) in [5, 5.41) is 0. The lowest BCUT2D eigenvalue weighted by atomic mass is 10.4. The molecule has 2 N–H and O–H groups in total. The predicted molar refractivity (Wildman–Crippen MR) is 77.4 cm³/mol. The molecule has 2 rings (SSSR count). The van der Waals surface area contributed by atoms with Gasteiger partial charge in [0.2, 0.25) is 10.0 Å². The maximum atomic E-state index is 12.0. The van der Waals surface area contributed by atoms with Gasteiger partial charge in [-0.25, -0.2) is 18.1 Å². The third-order valence-corrected chi connectivity index (χ3v) is 4.68. The summed E-state index contributed by atoms with van der Waals surface area (Å²) < 4.78 is 27.4. The molecule has 0 spiro atoms. The van der Waals surface area contributed by atoms with Crippen LogP contribution in [0.25, 0.3) is 0 Å². The number of sulfonamides is 1. The van der Waals surface area contributed by atoms with Gasteiger partial charge < -0.3 is 12.4 Å². The van der Waals surface area contributed by atoms with Crippen LogP contribution in [0.15, 0.2) is 51.0 Å². The van der Waals surface area contributed by atoms with E-state index in [0.29, 0.717) is 6.54 Å². The summed E-state index contributed by atoms with van der Waals surface area (Å²) in [6.07, 6.45) is 6.22. The third-order valence-electron chi connectivity index (χ3n) is 2.67. The minimum Gasteiger partial charge on any atom is -1.00 e. The van der Waals surface area contributed by atoms with E-state index in [-0.39, 0.29) is 17.3 Å². The van der Waals surface area contributed by atoms with Crippen molar-refractivity contribution in [3.8, 4) is 0 Å². The molecule has 110 valence electrons. The van der Waals surface area contributed by atoms with Crippen molar-refractivity contribution in [2.75, 3.05) is 13.1 Å². The zero-order valence-corrected chi connectivity index (χ0v) is 13.7. The fourth-order valence-corrected chi connectivity index (χ4v) is 3.00. The summed E-state index contributed by atoms with van der Waals surface area (Å²) in [6.45, 7) is 1.24. The standard InChI is InChI=1S/C12H14BrN3O2S.ClH/c13-11-2-4-12(5-3-11)19(17,18)15-6-1-8-16-9-7-14-10-16;/h2-5,7,9-10,15H,1,6,8H2;1H. The average molecular weight is 381 g/mol. The van der Waals surface area contributed by atoms with E-state index in [1.807, 2.05) is 6.20 Å². The van der Waals surface area contributed by atoms with Crippen molar-refractivity contribution < 1.29 is 25.7 Å². The number of hydrogen-bond acceptors (Lipinski definition) is 3. The first kappa shape index (κ1) is 17.3. The first-order chi connectivity index (χ1) is 9.08. The lowest BCUT2D eigenvalue weighted by molar-refractivity contribution is -0.736. The first-order valence-corrected chi connectivity index (χ1v) is 8.16. The first-order valence-electron chi connectivity index (χ1n) is 5.89. The second-order valence-electron chi connectivity index (χ2n) is 4.12. The summed E-state index contributed by atoms with van der Waals surface area (Å²) in [4.78, 5) is 5.37. The van der Waals surface area contributed by atoms with Crippen molar-refractivity contribution in [3.05, 3.63) is 41.1 Å². The second-order valence-corrected chi connectivity index (χ2v) is 6.81. The molecule has 1 atom stereocenters. The maximum Gasteiger partial charge on any atom is 0.240 e. The van der Waals surface area contributed by atoms with Crippen LogP contribution in [-0.2, 0) is 10.0 Å². The molecule has 0 saturated heterocycles. The van der Waals surface area contributed by atoms with E-state index in [1.54, 1.807) is 36.8 Å². The van der Waals surface area contributed by atoms with Crippen molar-refractivity contribution in [2.24, 2.45) is 4.99 Å². The van der Waals surface area contributed by atoms with E-state index in [9.17, 15) is 8.42 Å². The van der Waals surface area contributed by atoms with Gasteiger partial charge in [0.1, 0.15) is 6.20 Å². The summed E-state index contributed by atoms with van der Waals surface area (Å²) in [6, 6.07) is 6.58. The Kier molecular flexibility index (Phi) is 6.84. The molecule has 0 bridgehead atoms. The fourth-order valence-electron chi connectivity index (χ4n) is 1.66. The van der Waals surface area contributed by atoms with Crippen LogP contribution in [-0.4, -0.2) is 27.8 Å². The van der Waals surface area contributed by atoms with Gasteiger partial charge in [-0.15, -0.1) is 0 Å². The van der Waals surface area contributed by atoms with Crippen molar-refractivity contribution in [2.45, 2.75) is 11.3 Å². The van der Waals surface area contributed by atoms with Crippen LogP contribution in [0, 0.1) is 0 Å². The lowest BCUT2D eigenvalue weighted by Gasteiger charge is -2.08. The molecular formula is C12H15BrClN3O2S. The SMILES string of the molecule is O=S(=O)(NCCC[NH+]1C=CN=C1)c1ccc(Br)cc1.[Cl-]. The number of nitrogens with zero attached hydrogens (tertiary/aromatic N) is 1. The molecule has 20 heavy (non-hydrogen) atoms. The minimum atomic E-state index is -3.40. The van der Waals surface area contributed by atoms with Crippen LogP contribution in [0.3, 0.4) is 0 Å². The van der Waals surface area contributed by atoms with E-state index < -0.39 is 10.0 Å². The van der Waals surface area contributed by atoms with Crippen molar-refractivity contribution in [1.82, 2.24) is 4.72 Å². The molecular weight excluding hydrogens is 366 g/mol. The molecule has 0 saturated carbocycles. The Hall–Kier alpha value is -0.730. The quantitative estimate of drug-likeness (QED) is 0.537. The molecule has 1 aliphatic heterocycles. The monoisotopic (exact) mass is 379 g/mol. The second kappa shape index (κ2) is 7.90. The smallest absolute Gasteiger partial charge is 0.240 e. The molecule has 1 aromatic rings. The summed E-state index contributed by atoms with van der Waals surface area (Å²) in [7, 11) is -3.40. The normalized spacial score (nSPS) is 17.1. The van der Waals surface area contributed by atoms with Crippen molar-refractivity contribution >= 4 is 32.3 Å². The summed E-state index contributed by atoms with van der Waals surface area (Å²) in [5.74, 6) is 0. The van der Waals surface area contributed by atoms with E-state index in [0.717, 1.165) is 22.3 Å². The molecule has 1 aromatic carbocycles. The fraction of sp³-hybridized carbons (Fsp3) is 0.250. The number of rotatable bonds is 6. The average Bonchev–Trinajstić information content (AvgIpc) is 2.88. The molecule has 0 aliphatic carbocycles. The van der Waals surface area contributed by atoms with Crippen LogP contribution in [0.1, 0.15) is 6.42 Å². The Balaban J connectivity index is 0.00000200. The van der Waals surface area contributed by atoms with E-state index in [4.69, 9.17) is 0 Å². The highest BCUT2D eigenvalue weighted by atomic mass is 79.9. The van der Waals surface area contributed by atoms with Crippen LogP contribution >= 0.6 is 15.9 Å². The molecule has 1 heterocycles. The number of hydrogen-bond donors (Lipinski definition) is 2. The van der Waals surface area contributed by atoms with Crippen LogP contribution in [0.4, 0.5) is 0 Å². The Bertz CT molecular complexity index is 575. The topological polar surface area (TPSA) is 63.0 Å². The zero-order valence-electron chi connectivity index (χ0n) is 10.6. The Morgan fingerprint density at radius 2 is 1.95 bits per heavy atom. The van der Waals surface area contributed by atoms with Crippen molar-refractivity contribution in [1.29, 1.82) is 0 Å². The maximum absolute atomic E-state index is 12.0. The molecule has 8 heteroatoms. The molecule has 1 unspecified atom stereocenters. The van der Waals surface area contributed by atoms with Crippen molar-refractivity contribution in [3.63, 3.8) is 0 Å². The molecule has 0 amide bonds. The minimum absolute atomic E-state index is 0. The number of aliphatic imine (C=N–C) groups is 1. The molecule has 5 nitrogen and oxygen atoms in total. The van der Waals surface area contributed by atoms with E-state index in [2.05, 4.69) is 25.6 Å². The zero-order chi connectivity index (χ0) is 13.7. The van der Waals surface area contributed by atoms with Gasteiger partial charge in [0.05, 0.1) is 17.6 Å².